The number of hydrogen-bond donors (Lipinski definition) is 1. The average Bonchev–Trinajstić information content (AvgIpc) is 2.36. The van der Waals surface area contributed by atoms with Crippen LogP contribution in [0, 0.1) is 26.7 Å². The predicted octanol–water partition coefficient (Wildman–Crippen LogP) is 3.54. The maximum absolute atomic E-state index is 3.44. The van der Waals surface area contributed by atoms with E-state index in [2.05, 4.69) is 38.2 Å². The number of benzene rings is 1. The second-order valence-electron chi connectivity index (χ2n) is 5.52. The molecular weight excluding hydrogens is 206 g/mol. The van der Waals surface area contributed by atoms with Gasteiger partial charge in [0, 0.05) is 0 Å². The van der Waals surface area contributed by atoms with E-state index in [1.807, 2.05) is 0 Å². The van der Waals surface area contributed by atoms with Gasteiger partial charge in [-0.1, -0.05) is 12.1 Å². The molecule has 1 aromatic rings. The molecule has 1 fully saturated rings. The highest BCUT2D eigenvalue weighted by atomic mass is 14.9. The molecule has 0 bridgehead atoms. The van der Waals surface area contributed by atoms with Crippen LogP contribution in [-0.4, -0.2) is 13.1 Å². The van der Waals surface area contributed by atoms with Crippen LogP contribution in [0.5, 0.6) is 0 Å². The van der Waals surface area contributed by atoms with Gasteiger partial charge in [-0.3, -0.25) is 0 Å². The van der Waals surface area contributed by atoms with Crippen LogP contribution >= 0.6 is 0 Å². The Hall–Kier alpha value is -0.820. The third-order valence-corrected chi connectivity index (χ3v) is 4.45. The van der Waals surface area contributed by atoms with Crippen LogP contribution in [-0.2, 0) is 6.42 Å². The Morgan fingerprint density at radius 2 is 1.76 bits per heavy atom. The number of nitrogens with one attached hydrogen (secondary N) is 1. The molecule has 1 aliphatic heterocycles. The molecule has 94 valence electrons. The van der Waals surface area contributed by atoms with E-state index >= 15 is 0 Å². The topological polar surface area (TPSA) is 12.0 Å². The van der Waals surface area contributed by atoms with Crippen molar-refractivity contribution >= 4 is 0 Å². The van der Waals surface area contributed by atoms with Gasteiger partial charge in [-0.25, -0.2) is 0 Å². The third-order valence-electron chi connectivity index (χ3n) is 4.45. The molecule has 1 nitrogen and oxygen atoms in total. The van der Waals surface area contributed by atoms with Gasteiger partial charge in [-0.2, -0.15) is 0 Å². The summed E-state index contributed by atoms with van der Waals surface area (Å²) in [5.74, 6) is 0.942. The van der Waals surface area contributed by atoms with E-state index in [-0.39, 0.29) is 0 Å². The molecule has 17 heavy (non-hydrogen) atoms. The first-order chi connectivity index (χ1) is 8.18. The molecule has 0 amide bonds. The molecule has 0 aromatic heterocycles. The van der Waals surface area contributed by atoms with Gasteiger partial charge in [0.05, 0.1) is 0 Å². The zero-order valence-corrected chi connectivity index (χ0v) is 11.5. The molecule has 0 atom stereocenters. The quantitative estimate of drug-likeness (QED) is 0.839. The summed E-state index contributed by atoms with van der Waals surface area (Å²) in [6, 6.07) is 4.61. The fraction of sp³-hybridized carbons (Fsp3) is 0.625. The van der Waals surface area contributed by atoms with Crippen molar-refractivity contribution in [1.82, 2.24) is 5.32 Å². The molecule has 1 heterocycles. The largest absolute Gasteiger partial charge is 0.317 e. The summed E-state index contributed by atoms with van der Waals surface area (Å²) < 4.78 is 0. The van der Waals surface area contributed by atoms with Crippen LogP contribution < -0.4 is 5.32 Å². The predicted molar refractivity (Wildman–Crippen MR) is 74.6 cm³/mol. The molecule has 0 aliphatic carbocycles. The van der Waals surface area contributed by atoms with Crippen LogP contribution in [0.3, 0.4) is 0 Å². The van der Waals surface area contributed by atoms with Crippen molar-refractivity contribution in [3.8, 4) is 0 Å². The molecule has 2 rings (SSSR count). The molecule has 1 aliphatic rings. The molecule has 1 heteroatoms. The fourth-order valence-corrected chi connectivity index (χ4v) is 2.81. The Morgan fingerprint density at radius 1 is 1.06 bits per heavy atom. The Balaban J connectivity index is 1.96. The van der Waals surface area contributed by atoms with Crippen molar-refractivity contribution in [3.63, 3.8) is 0 Å². The molecule has 1 N–H and O–H groups in total. The van der Waals surface area contributed by atoms with Crippen molar-refractivity contribution in [2.24, 2.45) is 5.92 Å². The maximum atomic E-state index is 3.44. The summed E-state index contributed by atoms with van der Waals surface area (Å²) >= 11 is 0. The number of piperidine rings is 1. The van der Waals surface area contributed by atoms with Gasteiger partial charge in [0.2, 0.25) is 0 Å². The van der Waals surface area contributed by atoms with Crippen molar-refractivity contribution in [2.45, 2.75) is 46.5 Å². The van der Waals surface area contributed by atoms with E-state index < -0.39 is 0 Å². The zero-order valence-electron chi connectivity index (χ0n) is 11.5. The van der Waals surface area contributed by atoms with E-state index in [1.54, 1.807) is 5.56 Å². The minimum atomic E-state index is 0.942. The summed E-state index contributed by atoms with van der Waals surface area (Å²) in [5.41, 5.74) is 5.98. The lowest BCUT2D eigenvalue weighted by Crippen LogP contribution is -2.27. The van der Waals surface area contributed by atoms with Crippen molar-refractivity contribution < 1.29 is 0 Å². The first kappa shape index (κ1) is 12.6. The van der Waals surface area contributed by atoms with Gasteiger partial charge in [-0.05, 0) is 87.7 Å². The van der Waals surface area contributed by atoms with Crippen molar-refractivity contribution in [1.29, 1.82) is 0 Å². The molecule has 1 saturated heterocycles. The molecule has 0 unspecified atom stereocenters. The molecular formula is C16H25N. The van der Waals surface area contributed by atoms with Gasteiger partial charge in [0.1, 0.15) is 0 Å². The van der Waals surface area contributed by atoms with Crippen LogP contribution in [0.2, 0.25) is 0 Å². The lowest BCUT2D eigenvalue weighted by atomic mass is 9.89. The van der Waals surface area contributed by atoms with Crippen molar-refractivity contribution in [2.75, 3.05) is 13.1 Å². The van der Waals surface area contributed by atoms with Gasteiger partial charge in [0.15, 0.2) is 0 Å². The number of hydrogen-bond acceptors (Lipinski definition) is 1. The standard InChI is InChI=1S/C16H25N/c1-12-4-6-16(14(3)13(12)2)7-5-15-8-10-17-11-9-15/h4,6,15,17H,5,7-11H2,1-3H3. The molecule has 0 radical (unpaired) electrons. The van der Waals surface area contributed by atoms with E-state index in [4.69, 9.17) is 0 Å². The minimum Gasteiger partial charge on any atom is -0.317 e. The fourth-order valence-electron chi connectivity index (χ4n) is 2.81. The highest BCUT2D eigenvalue weighted by molar-refractivity contribution is 5.38. The van der Waals surface area contributed by atoms with Crippen LogP contribution in [0.25, 0.3) is 0 Å². The number of rotatable bonds is 3. The highest BCUT2D eigenvalue weighted by Crippen LogP contribution is 2.22. The van der Waals surface area contributed by atoms with Crippen molar-refractivity contribution in [3.05, 3.63) is 34.4 Å². The minimum absolute atomic E-state index is 0.942. The normalized spacial score (nSPS) is 17.4. The zero-order chi connectivity index (χ0) is 12.3. The molecule has 0 spiro atoms. The Morgan fingerprint density at radius 3 is 2.47 bits per heavy atom. The SMILES string of the molecule is Cc1ccc(CCC2CCNCC2)c(C)c1C. The van der Waals surface area contributed by atoms with Gasteiger partial charge in [-0.15, -0.1) is 0 Å². The maximum Gasteiger partial charge on any atom is -0.00463 e. The lowest BCUT2D eigenvalue weighted by molar-refractivity contribution is 0.354. The third kappa shape index (κ3) is 3.10. The molecule has 1 aromatic carbocycles. The highest BCUT2D eigenvalue weighted by Gasteiger charge is 2.13. The number of aryl methyl sites for hydroxylation is 2. The van der Waals surface area contributed by atoms with E-state index in [9.17, 15) is 0 Å². The Labute approximate surface area is 106 Å². The van der Waals surface area contributed by atoms with E-state index in [0.29, 0.717) is 0 Å². The summed E-state index contributed by atoms with van der Waals surface area (Å²) in [5, 5.41) is 3.44. The van der Waals surface area contributed by atoms with Gasteiger partial charge in [0.25, 0.3) is 0 Å². The average molecular weight is 231 g/mol. The molecule has 0 saturated carbocycles. The van der Waals surface area contributed by atoms with E-state index in [0.717, 1.165) is 5.92 Å². The van der Waals surface area contributed by atoms with Crippen LogP contribution in [0.1, 0.15) is 41.5 Å². The Bertz CT molecular complexity index is 375. The van der Waals surface area contributed by atoms with E-state index in [1.165, 1.54) is 55.5 Å². The summed E-state index contributed by atoms with van der Waals surface area (Å²) in [6.07, 6.45) is 5.36. The second-order valence-corrected chi connectivity index (χ2v) is 5.52. The smallest absolute Gasteiger partial charge is 0.00463 e. The van der Waals surface area contributed by atoms with Gasteiger partial charge < -0.3 is 5.32 Å². The summed E-state index contributed by atoms with van der Waals surface area (Å²) in [7, 11) is 0. The first-order valence-corrected chi connectivity index (χ1v) is 6.95. The summed E-state index contributed by atoms with van der Waals surface area (Å²) in [4.78, 5) is 0. The lowest BCUT2D eigenvalue weighted by Gasteiger charge is -2.23. The first-order valence-electron chi connectivity index (χ1n) is 6.95. The monoisotopic (exact) mass is 231 g/mol. The second kappa shape index (κ2) is 5.68. The van der Waals surface area contributed by atoms with Crippen LogP contribution in [0.15, 0.2) is 12.1 Å². The van der Waals surface area contributed by atoms with Crippen LogP contribution in [0.4, 0.5) is 0 Å². The summed E-state index contributed by atoms with van der Waals surface area (Å²) in [6.45, 7) is 9.17. The van der Waals surface area contributed by atoms with Gasteiger partial charge >= 0.3 is 0 Å². The Kier molecular flexibility index (Phi) is 4.22.